The molecule has 3 rings (SSSR count). The Morgan fingerprint density at radius 3 is 2.22 bits per heavy atom. The standard InChI is InChI=1S/C17H14BrN3O2/c18-15-10-11-16(23-15)20-17(22)21(13-4-2-1-3-5-13)14-8-6-12(19)7-9-14/h1-11H,19H2,(H,20,22). The van der Waals surface area contributed by atoms with Crippen molar-refractivity contribution in [3.05, 3.63) is 71.4 Å². The van der Waals surface area contributed by atoms with Crippen LogP contribution in [0.15, 0.2) is 75.8 Å². The van der Waals surface area contributed by atoms with E-state index >= 15 is 0 Å². The number of hydrogen-bond donors (Lipinski definition) is 2. The highest BCUT2D eigenvalue weighted by Crippen LogP contribution is 2.27. The first-order valence-electron chi connectivity index (χ1n) is 6.90. The Hall–Kier alpha value is -2.73. The minimum absolute atomic E-state index is 0.331. The lowest BCUT2D eigenvalue weighted by atomic mass is 10.2. The van der Waals surface area contributed by atoms with Gasteiger partial charge in [-0.2, -0.15) is 0 Å². The van der Waals surface area contributed by atoms with Gasteiger partial charge >= 0.3 is 6.03 Å². The molecule has 0 fully saturated rings. The number of furan rings is 1. The molecule has 3 N–H and O–H groups in total. The van der Waals surface area contributed by atoms with Crippen LogP contribution in [0.5, 0.6) is 0 Å². The van der Waals surface area contributed by atoms with Gasteiger partial charge < -0.3 is 10.2 Å². The topological polar surface area (TPSA) is 71.5 Å². The van der Waals surface area contributed by atoms with Crippen molar-refractivity contribution in [2.45, 2.75) is 0 Å². The van der Waals surface area contributed by atoms with Crippen LogP contribution in [-0.2, 0) is 0 Å². The van der Waals surface area contributed by atoms with Crippen molar-refractivity contribution in [2.24, 2.45) is 0 Å². The molecule has 0 unspecified atom stereocenters. The van der Waals surface area contributed by atoms with Gasteiger partial charge in [-0.3, -0.25) is 10.2 Å². The second-order valence-corrected chi connectivity index (χ2v) is 5.58. The number of hydrogen-bond acceptors (Lipinski definition) is 3. The van der Waals surface area contributed by atoms with Gasteiger partial charge in [0, 0.05) is 11.8 Å². The summed E-state index contributed by atoms with van der Waals surface area (Å²) < 4.78 is 5.88. The molecule has 23 heavy (non-hydrogen) atoms. The molecular formula is C17H14BrN3O2. The molecule has 0 radical (unpaired) electrons. The second-order valence-electron chi connectivity index (χ2n) is 4.80. The largest absolute Gasteiger partial charge is 0.434 e. The lowest BCUT2D eigenvalue weighted by Crippen LogP contribution is -2.30. The van der Waals surface area contributed by atoms with Crippen molar-refractivity contribution < 1.29 is 9.21 Å². The van der Waals surface area contributed by atoms with E-state index in [1.807, 2.05) is 30.3 Å². The monoisotopic (exact) mass is 371 g/mol. The van der Waals surface area contributed by atoms with Crippen LogP contribution < -0.4 is 16.0 Å². The maximum atomic E-state index is 12.7. The van der Waals surface area contributed by atoms with Gasteiger partial charge in [-0.15, -0.1) is 0 Å². The molecule has 0 spiro atoms. The zero-order valence-corrected chi connectivity index (χ0v) is 13.7. The number of anilines is 4. The predicted molar refractivity (Wildman–Crippen MR) is 94.9 cm³/mol. The highest BCUT2D eigenvalue weighted by atomic mass is 79.9. The Bertz CT molecular complexity index is 800. The molecule has 2 amide bonds. The van der Waals surface area contributed by atoms with E-state index < -0.39 is 0 Å². The first kappa shape index (κ1) is 15.2. The van der Waals surface area contributed by atoms with Crippen molar-refractivity contribution in [1.82, 2.24) is 0 Å². The Kier molecular flexibility index (Phi) is 4.34. The predicted octanol–water partition coefficient (Wildman–Crippen LogP) is 4.99. The van der Waals surface area contributed by atoms with Gasteiger partial charge in [-0.05, 0) is 58.4 Å². The number of nitrogens with two attached hydrogens (primary N) is 1. The van der Waals surface area contributed by atoms with Crippen LogP contribution in [0.3, 0.4) is 0 Å². The van der Waals surface area contributed by atoms with E-state index in [1.165, 1.54) is 0 Å². The number of para-hydroxylation sites is 1. The summed E-state index contributed by atoms with van der Waals surface area (Å²) in [5.41, 5.74) is 7.80. The lowest BCUT2D eigenvalue weighted by molar-refractivity contribution is 0.258. The number of nitrogens with one attached hydrogen (secondary N) is 1. The van der Waals surface area contributed by atoms with Gasteiger partial charge in [0.2, 0.25) is 5.88 Å². The first-order chi connectivity index (χ1) is 11.1. The average Bonchev–Trinajstić information content (AvgIpc) is 2.95. The molecule has 3 aromatic rings. The summed E-state index contributed by atoms with van der Waals surface area (Å²) in [6.07, 6.45) is 0. The van der Waals surface area contributed by atoms with Crippen molar-refractivity contribution >= 4 is 44.9 Å². The van der Waals surface area contributed by atoms with Gasteiger partial charge in [0.1, 0.15) is 0 Å². The second kappa shape index (κ2) is 6.58. The third-order valence-electron chi connectivity index (χ3n) is 3.17. The van der Waals surface area contributed by atoms with Crippen LogP contribution >= 0.6 is 15.9 Å². The Morgan fingerprint density at radius 1 is 0.957 bits per heavy atom. The molecule has 0 bridgehead atoms. The first-order valence-corrected chi connectivity index (χ1v) is 7.70. The van der Waals surface area contributed by atoms with Gasteiger partial charge in [0.25, 0.3) is 0 Å². The third-order valence-corrected chi connectivity index (χ3v) is 3.60. The van der Waals surface area contributed by atoms with Gasteiger partial charge in [0.05, 0.1) is 11.4 Å². The molecule has 2 aromatic carbocycles. The number of amides is 2. The lowest BCUT2D eigenvalue weighted by Gasteiger charge is -2.23. The summed E-state index contributed by atoms with van der Waals surface area (Å²) in [6, 6.07) is 19.5. The normalized spacial score (nSPS) is 10.3. The van der Waals surface area contributed by atoms with Crippen molar-refractivity contribution in [3.63, 3.8) is 0 Å². The zero-order valence-electron chi connectivity index (χ0n) is 12.1. The summed E-state index contributed by atoms with van der Waals surface area (Å²) in [7, 11) is 0. The van der Waals surface area contributed by atoms with Crippen LogP contribution in [0.2, 0.25) is 0 Å². The number of urea groups is 1. The number of carbonyl (C=O) groups excluding carboxylic acids is 1. The smallest absolute Gasteiger partial charge is 0.333 e. The van der Waals surface area contributed by atoms with Crippen LogP contribution in [-0.4, -0.2) is 6.03 Å². The van der Waals surface area contributed by atoms with E-state index in [9.17, 15) is 4.79 Å². The summed E-state index contributed by atoms with van der Waals surface area (Å²) in [5, 5.41) is 2.73. The minimum atomic E-state index is -0.331. The SMILES string of the molecule is Nc1ccc(N(C(=O)Nc2ccc(Br)o2)c2ccccc2)cc1. The molecule has 0 saturated carbocycles. The maximum Gasteiger partial charge on any atom is 0.333 e. The van der Waals surface area contributed by atoms with Crippen molar-refractivity contribution in [3.8, 4) is 0 Å². The molecule has 0 aliphatic carbocycles. The molecule has 1 aromatic heterocycles. The van der Waals surface area contributed by atoms with Crippen LogP contribution in [0.1, 0.15) is 0 Å². The van der Waals surface area contributed by atoms with E-state index in [4.69, 9.17) is 10.2 Å². The molecule has 0 aliphatic heterocycles. The van der Waals surface area contributed by atoms with E-state index in [1.54, 1.807) is 41.3 Å². The van der Waals surface area contributed by atoms with Crippen molar-refractivity contribution in [2.75, 3.05) is 16.0 Å². The maximum absolute atomic E-state index is 12.7. The number of benzene rings is 2. The third kappa shape index (κ3) is 3.54. The number of rotatable bonds is 3. The van der Waals surface area contributed by atoms with E-state index in [0.717, 1.165) is 5.69 Å². The van der Waals surface area contributed by atoms with E-state index in [0.29, 0.717) is 21.9 Å². The number of nitrogens with zero attached hydrogens (tertiary/aromatic N) is 1. The number of carbonyl (C=O) groups is 1. The molecule has 0 saturated heterocycles. The summed E-state index contributed by atoms with van der Waals surface area (Å²) in [4.78, 5) is 14.3. The fraction of sp³-hybridized carbons (Fsp3) is 0. The quantitative estimate of drug-likeness (QED) is 0.636. The molecular weight excluding hydrogens is 358 g/mol. The fourth-order valence-corrected chi connectivity index (χ4v) is 2.43. The Balaban J connectivity index is 1.94. The molecule has 0 aliphatic rings. The average molecular weight is 372 g/mol. The van der Waals surface area contributed by atoms with Gasteiger partial charge in [0.15, 0.2) is 4.67 Å². The Morgan fingerprint density at radius 2 is 1.61 bits per heavy atom. The molecule has 0 atom stereocenters. The minimum Gasteiger partial charge on any atom is -0.434 e. The number of halogens is 1. The molecule has 1 heterocycles. The van der Waals surface area contributed by atoms with Crippen LogP contribution in [0.25, 0.3) is 0 Å². The molecule has 116 valence electrons. The number of nitrogen functional groups attached to an aromatic ring is 1. The highest BCUT2D eigenvalue weighted by Gasteiger charge is 2.19. The van der Waals surface area contributed by atoms with Crippen LogP contribution in [0, 0.1) is 0 Å². The summed E-state index contributed by atoms with van der Waals surface area (Å²) in [6.45, 7) is 0. The highest BCUT2D eigenvalue weighted by molar-refractivity contribution is 9.10. The molecule has 5 nitrogen and oxygen atoms in total. The van der Waals surface area contributed by atoms with Crippen molar-refractivity contribution in [1.29, 1.82) is 0 Å². The van der Waals surface area contributed by atoms with Gasteiger partial charge in [-0.25, -0.2) is 4.79 Å². The summed E-state index contributed by atoms with van der Waals surface area (Å²) >= 11 is 3.21. The summed E-state index contributed by atoms with van der Waals surface area (Å²) in [5.74, 6) is 0.359. The van der Waals surface area contributed by atoms with Crippen LogP contribution in [0.4, 0.5) is 27.7 Å². The Labute approximate surface area is 141 Å². The van der Waals surface area contributed by atoms with E-state index in [2.05, 4.69) is 21.2 Å². The zero-order chi connectivity index (χ0) is 16.2. The fourth-order valence-electron chi connectivity index (χ4n) is 2.13. The molecule has 6 heteroatoms. The van der Waals surface area contributed by atoms with Gasteiger partial charge in [-0.1, -0.05) is 18.2 Å². The van der Waals surface area contributed by atoms with E-state index in [-0.39, 0.29) is 6.03 Å².